The van der Waals surface area contributed by atoms with Gasteiger partial charge in [0.25, 0.3) is 0 Å². The summed E-state index contributed by atoms with van der Waals surface area (Å²) in [5.74, 6) is 0.393. The van der Waals surface area contributed by atoms with Gasteiger partial charge in [-0.15, -0.1) is 0 Å². The van der Waals surface area contributed by atoms with E-state index in [2.05, 4.69) is 9.80 Å². The summed E-state index contributed by atoms with van der Waals surface area (Å²) in [6, 6.07) is 6.67. The quantitative estimate of drug-likeness (QED) is 0.831. The lowest BCUT2D eigenvalue weighted by molar-refractivity contribution is -0.130. The third-order valence-electron chi connectivity index (χ3n) is 5.48. The monoisotopic (exact) mass is 352 g/mol. The van der Waals surface area contributed by atoms with Crippen LogP contribution in [-0.4, -0.2) is 78.2 Å². The fraction of sp³-hybridized carbons (Fsp3) is 0.684. The van der Waals surface area contributed by atoms with Crippen LogP contribution in [0.4, 0.5) is 4.39 Å². The lowest BCUT2D eigenvalue weighted by Crippen LogP contribution is -2.56. The molecule has 0 amide bonds. The van der Waals surface area contributed by atoms with Crippen molar-refractivity contribution in [2.45, 2.75) is 37.6 Å². The third-order valence-corrected chi connectivity index (χ3v) is 5.48. The summed E-state index contributed by atoms with van der Waals surface area (Å²) in [5, 5.41) is 19.9. The number of piperidine rings is 1. The summed E-state index contributed by atoms with van der Waals surface area (Å²) in [4.78, 5) is 4.49. The highest BCUT2D eigenvalue weighted by Crippen LogP contribution is 2.22. The smallest absolute Gasteiger partial charge is 0.123 e. The molecule has 0 unspecified atom stereocenters. The zero-order valence-corrected chi connectivity index (χ0v) is 14.9. The molecule has 0 aromatic heterocycles. The molecule has 140 valence electrons. The zero-order valence-electron chi connectivity index (χ0n) is 14.9. The van der Waals surface area contributed by atoms with Crippen molar-refractivity contribution in [3.63, 3.8) is 0 Å². The van der Waals surface area contributed by atoms with E-state index < -0.39 is 12.2 Å². The van der Waals surface area contributed by atoms with Crippen LogP contribution in [-0.2, 0) is 11.3 Å². The Labute approximate surface area is 149 Å². The number of hydrogen-bond acceptors (Lipinski definition) is 5. The van der Waals surface area contributed by atoms with E-state index in [-0.39, 0.29) is 18.5 Å². The molecule has 0 aliphatic carbocycles. The van der Waals surface area contributed by atoms with Crippen LogP contribution < -0.4 is 0 Å². The van der Waals surface area contributed by atoms with E-state index in [4.69, 9.17) is 4.74 Å². The number of aliphatic hydroxyl groups excluding tert-OH is 2. The van der Waals surface area contributed by atoms with E-state index in [9.17, 15) is 14.6 Å². The van der Waals surface area contributed by atoms with Crippen LogP contribution in [0.3, 0.4) is 0 Å². The van der Waals surface area contributed by atoms with Crippen molar-refractivity contribution in [3.05, 3.63) is 35.6 Å². The number of likely N-dealkylation sites (tertiary alicyclic amines) is 1. The molecule has 0 saturated carbocycles. The topological polar surface area (TPSA) is 56.2 Å². The number of hydrogen-bond donors (Lipinski definition) is 2. The normalized spacial score (nSPS) is 29.2. The average Bonchev–Trinajstić information content (AvgIpc) is 2.59. The Morgan fingerprint density at radius 2 is 2.00 bits per heavy atom. The van der Waals surface area contributed by atoms with Crippen LogP contribution in [0.2, 0.25) is 0 Å². The molecule has 3 rings (SSSR count). The summed E-state index contributed by atoms with van der Waals surface area (Å²) in [6.45, 7) is 4.37. The molecule has 1 aromatic rings. The van der Waals surface area contributed by atoms with E-state index in [1.54, 1.807) is 12.1 Å². The lowest BCUT2D eigenvalue weighted by Gasteiger charge is -2.40. The number of aliphatic hydroxyl groups is 2. The largest absolute Gasteiger partial charge is 0.389 e. The Balaban J connectivity index is 1.44. The van der Waals surface area contributed by atoms with E-state index >= 15 is 0 Å². The highest BCUT2D eigenvalue weighted by atomic mass is 19.1. The molecule has 6 heteroatoms. The van der Waals surface area contributed by atoms with Crippen LogP contribution in [0.15, 0.2) is 24.3 Å². The van der Waals surface area contributed by atoms with Gasteiger partial charge in [0.2, 0.25) is 0 Å². The molecule has 0 spiro atoms. The Bertz CT molecular complexity index is 551. The van der Waals surface area contributed by atoms with Crippen molar-refractivity contribution in [2.24, 2.45) is 5.92 Å². The first kappa shape index (κ1) is 18.7. The van der Waals surface area contributed by atoms with Crippen LogP contribution in [0.5, 0.6) is 0 Å². The van der Waals surface area contributed by atoms with Gasteiger partial charge in [0, 0.05) is 13.1 Å². The number of ether oxygens (including phenoxy) is 1. The van der Waals surface area contributed by atoms with E-state index in [0.29, 0.717) is 12.5 Å². The minimum atomic E-state index is -0.797. The van der Waals surface area contributed by atoms with Crippen molar-refractivity contribution >= 4 is 0 Å². The van der Waals surface area contributed by atoms with Gasteiger partial charge in [-0.2, -0.15) is 0 Å². The van der Waals surface area contributed by atoms with Crippen molar-refractivity contribution in [1.29, 1.82) is 0 Å². The van der Waals surface area contributed by atoms with Crippen molar-refractivity contribution in [2.75, 3.05) is 39.9 Å². The zero-order chi connectivity index (χ0) is 17.8. The molecule has 2 N–H and O–H groups in total. The lowest BCUT2D eigenvalue weighted by atomic mass is 9.94. The molecule has 2 aliphatic heterocycles. The van der Waals surface area contributed by atoms with Crippen LogP contribution in [0, 0.1) is 11.7 Å². The Morgan fingerprint density at radius 3 is 2.72 bits per heavy atom. The van der Waals surface area contributed by atoms with Crippen LogP contribution >= 0.6 is 0 Å². The van der Waals surface area contributed by atoms with Crippen molar-refractivity contribution in [1.82, 2.24) is 9.80 Å². The van der Waals surface area contributed by atoms with Gasteiger partial charge in [-0.1, -0.05) is 12.1 Å². The maximum absolute atomic E-state index is 13.3. The van der Waals surface area contributed by atoms with Gasteiger partial charge in [-0.25, -0.2) is 4.39 Å². The predicted octanol–water partition coefficient (Wildman–Crippen LogP) is 1.09. The molecule has 2 heterocycles. The van der Waals surface area contributed by atoms with Gasteiger partial charge in [0.15, 0.2) is 0 Å². The first-order valence-electron chi connectivity index (χ1n) is 9.14. The van der Waals surface area contributed by atoms with Gasteiger partial charge in [0.1, 0.15) is 11.9 Å². The van der Waals surface area contributed by atoms with Crippen LogP contribution in [0.25, 0.3) is 0 Å². The molecule has 1 aromatic carbocycles. The molecule has 5 nitrogen and oxygen atoms in total. The fourth-order valence-corrected chi connectivity index (χ4v) is 3.91. The minimum absolute atomic E-state index is 0.144. The number of benzene rings is 1. The van der Waals surface area contributed by atoms with Crippen molar-refractivity contribution < 1.29 is 19.3 Å². The van der Waals surface area contributed by atoms with Gasteiger partial charge in [-0.3, -0.25) is 9.80 Å². The molecule has 25 heavy (non-hydrogen) atoms. The number of nitrogens with zero attached hydrogens (tertiary/aromatic N) is 2. The molecular formula is C19H29FN2O3. The summed E-state index contributed by atoms with van der Waals surface area (Å²) in [5.41, 5.74) is 1.02. The molecule has 2 aliphatic rings. The van der Waals surface area contributed by atoms with E-state index in [1.165, 1.54) is 6.07 Å². The third kappa shape index (κ3) is 4.99. The first-order valence-corrected chi connectivity index (χ1v) is 9.14. The molecule has 3 atom stereocenters. The van der Waals surface area contributed by atoms with Gasteiger partial charge < -0.3 is 14.9 Å². The van der Waals surface area contributed by atoms with Crippen molar-refractivity contribution in [3.8, 4) is 0 Å². The number of rotatable bonds is 5. The standard InChI is InChI=1S/C19H29FN2O3/c1-21(17-12-25-13-18(23)19(17)24)10-14-5-7-22(8-6-14)11-15-3-2-4-16(20)9-15/h2-4,9,14,17-19,23-24H,5-8,10-13H2,1H3/t17-,18-,19+/m1/s1. The molecule has 0 radical (unpaired) electrons. The second kappa shape index (κ2) is 8.56. The van der Waals surface area contributed by atoms with E-state index in [0.717, 1.165) is 44.6 Å². The highest BCUT2D eigenvalue weighted by Gasteiger charge is 2.34. The second-order valence-electron chi connectivity index (χ2n) is 7.45. The summed E-state index contributed by atoms with van der Waals surface area (Å²) < 4.78 is 18.7. The summed E-state index contributed by atoms with van der Waals surface area (Å²) >= 11 is 0. The fourth-order valence-electron chi connectivity index (χ4n) is 3.91. The van der Waals surface area contributed by atoms with E-state index in [1.807, 2.05) is 13.1 Å². The number of halogens is 1. The SMILES string of the molecule is CN(CC1CCN(Cc2cccc(F)c2)CC1)[C@@H]1COC[C@@H](O)[C@H]1O. The Morgan fingerprint density at radius 1 is 1.24 bits per heavy atom. The summed E-state index contributed by atoms with van der Waals surface area (Å²) in [7, 11) is 1.99. The average molecular weight is 352 g/mol. The maximum atomic E-state index is 13.3. The molecular weight excluding hydrogens is 323 g/mol. The number of likely N-dealkylation sites (N-methyl/N-ethyl adjacent to an activating group) is 1. The Hall–Kier alpha value is -1.05. The van der Waals surface area contributed by atoms with Crippen LogP contribution in [0.1, 0.15) is 18.4 Å². The van der Waals surface area contributed by atoms with Gasteiger partial charge in [-0.05, 0) is 56.6 Å². The molecule has 2 fully saturated rings. The summed E-state index contributed by atoms with van der Waals surface area (Å²) in [6.07, 6.45) is 0.638. The van der Waals surface area contributed by atoms with Gasteiger partial charge in [0.05, 0.1) is 25.4 Å². The highest BCUT2D eigenvalue weighted by molar-refractivity contribution is 5.16. The molecule has 0 bridgehead atoms. The van der Waals surface area contributed by atoms with Gasteiger partial charge >= 0.3 is 0 Å². The molecule has 2 saturated heterocycles. The predicted molar refractivity (Wildman–Crippen MR) is 93.7 cm³/mol. The maximum Gasteiger partial charge on any atom is 0.123 e. The minimum Gasteiger partial charge on any atom is -0.389 e. The first-order chi connectivity index (χ1) is 12.0. The Kier molecular flexibility index (Phi) is 6.41. The second-order valence-corrected chi connectivity index (χ2v) is 7.45.